The van der Waals surface area contributed by atoms with E-state index in [9.17, 15) is 26.7 Å². The number of halogens is 5. The van der Waals surface area contributed by atoms with Crippen LogP contribution < -0.4 is 0 Å². The van der Waals surface area contributed by atoms with Crippen LogP contribution in [0.1, 0.15) is 42.8 Å². The van der Waals surface area contributed by atoms with Crippen LogP contribution in [-0.4, -0.2) is 51.7 Å². The molecule has 0 spiro atoms. The third-order valence-corrected chi connectivity index (χ3v) is 4.99. The first kappa shape index (κ1) is 21.2. The predicted molar refractivity (Wildman–Crippen MR) is 95.1 cm³/mol. The van der Waals surface area contributed by atoms with E-state index in [0.717, 1.165) is 0 Å². The summed E-state index contributed by atoms with van der Waals surface area (Å²) < 4.78 is 66.5. The molecule has 1 unspecified atom stereocenters. The Morgan fingerprint density at radius 2 is 1.72 bits per heavy atom. The van der Waals surface area contributed by atoms with Gasteiger partial charge in [0.05, 0.1) is 0 Å². The van der Waals surface area contributed by atoms with Gasteiger partial charge in [0.25, 0.3) is 12.9 Å². The Morgan fingerprint density at radius 1 is 1.07 bits per heavy atom. The lowest BCUT2D eigenvalue weighted by molar-refractivity contribution is -0.136. The van der Waals surface area contributed by atoms with Crippen LogP contribution in [0.5, 0.6) is 0 Å². The van der Waals surface area contributed by atoms with Crippen LogP contribution in [0.4, 0.5) is 22.0 Å². The van der Waals surface area contributed by atoms with E-state index in [0.29, 0.717) is 49.0 Å². The Kier molecular flexibility index (Phi) is 6.51. The van der Waals surface area contributed by atoms with E-state index in [2.05, 4.69) is 5.10 Å². The number of hydrogen-bond donors (Lipinski definition) is 0. The fraction of sp³-hybridized carbons (Fsp3) is 0.474. The second kappa shape index (κ2) is 8.89. The summed E-state index contributed by atoms with van der Waals surface area (Å²) >= 11 is 0. The molecule has 1 saturated heterocycles. The number of rotatable bonds is 6. The molecule has 158 valence electrons. The average Bonchev–Trinajstić information content (AvgIpc) is 3.15. The highest BCUT2D eigenvalue weighted by Crippen LogP contribution is 2.28. The zero-order chi connectivity index (χ0) is 21.1. The van der Waals surface area contributed by atoms with E-state index in [1.54, 1.807) is 18.2 Å². The summed E-state index contributed by atoms with van der Waals surface area (Å²) in [5, 5.41) is 3.51. The SMILES string of the molecule is CC(C(=O)N1CCN(Cc2ccccc2F)CC1)n1nc(C(F)F)cc1C(F)F. The van der Waals surface area contributed by atoms with Crippen molar-refractivity contribution >= 4 is 5.91 Å². The van der Waals surface area contributed by atoms with E-state index >= 15 is 0 Å². The first-order chi connectivity index (χ1) is 13.8. The van der Waals surface area contributed by atoms with E-state index < -0.39 is 36.2 Å². The molecule has 1 aromatic carbocycles. The number of nitrogens with zero attached hydrogens (tertiary/aromatic N) is 4. The molecule has 5 nitrogen and oxygen atoms in total. The van der Waals surface area contributed by atoms with Crippen molar-refractivity contribution < 1.29 is 26.7 Å². The molecule has 2 heterocycles. The first-order valence-electron chi connectivity index (χ1n) is 9.18. The number of hydrogen-bond acceptors (Lipinski definition) is 3. The van der Waals surface area contributed by atoms with Gasteiger partial charge in [-0.15, -0.1) is 0 Å². The van der Waals surface area contributed by atoms with Crippen LogP contribution in [0, 0.1) is 5.82 Å². The molecule has 1 aliphatic heterocycles. The zero-order valence-corrected chi connectivity index (χ0v) is 15.7. The Morgan fingerprint density at radius 3 is 2.31 bits per heavy atom. The molecule has 0 aliphatic carbocycles. The van der Waals surface area contributed by atoms with E-state index in [1.807, 2.05) is 4.90 Å². The van der Waals surface area contributed by atoms with Gasteiger partial charge in [0.15, 0.2) is 0 Å². The highest BCUT2D eigenvalue weighted by Gasteiger charge is 2.31. The standard InChI is InChI=1S/C19H21F5N4O/c1-12(28-16(18(23)24)10-15(25-28)17(21)22)19(29)27-8-6-26(7-9-27)11-13-4-2-3-5-14(13)20/h2-5,10,12,17-18H,6-9,11H2,1H3. The Balaban J connectivity index is 1.64. The van der Waals surface area contributed by atoms with Crippen molar-refractivity contribution in [2.75, 3.05) is 26.2 Å². The molecular weight excluding hydrogens is 395 g/mol. The molecule has 3 rings (SSSR count). The minimum absolute atomic E-state index is 0.298. The predicted octanol–water partition coefficient (Wildman–Crippen LogP) is 3.80. The van der Waals surface area contributed by atoms with Gasteiger partial charge in [0.1, 0.15) is 23.2 Å². The summed E-state index contributed by atoms with van der Waals surface area (Å²) in [5.74, 6) is -0.769. The van der Waals surface area contributed by atoms with Crippen LogP contribution in [-0.2, 0) is 11.3 Å². The Hall–Kier alpha value is -2.49. The van der Waals surface area contributed by atoms with Gasteiger partial charge in [0, 0.05) is 38.3 Å². The quantitative estimate of drug-likeness (QED) is 0.673. The molecule has 1 amide bonds. The van der Waals surface area contributed by atoms with Crippen LogP contribution in [0.3, 0.4) is 0 Å². The molecule has 1 atom stereocenters. The van der Waals surface area contributed by atoms with Crippen molar-refractivity contribution in [1.29, 1.82) is 0 Å². The second-order valence-electron chi connectivity index (χ2n) is 6.91. The maximum atomic E-state index is 13.8. The number of carbonyl (C=O) groups is 1. The Labute approximate surface area is 164 Å². The molecule has 10 heteroatoms. The van der Waals surface area contributed by atoms with Crippen molar-refractivity contribution in [3.8, 4) is 0 Å². The molecule has 2 aromatic rings. The van der Waals surface area contributed by atoms with Gasteiger partial charge in [-0.2, -0.15) is 5.10 Å². The first-order valence-corrected chi connectivity index (χ1v) is 9.18. The summed E-state index contributed by atoms with van der Waals surface area (Å²) in [5.41, 5.74) is -0.938. The molecular formula is C19H21F5N4O. The van der Waals surface area contributed by atoms with E-state index in [4.69, 9.17) is 0 Å². The molecule has 0 saturated carbocycles. The van der Waals surface area contributed by atoms with Gasteiger partial charge < -0.3 is 4.90 Å². The fourth-order valence-corrected chi connectivity index (χ4v) is 3.37. The molecule has 1 aromatic heterocycles. The number of alkyl halides is 4. The molecule has 1 fully saturated rings. The van der Waals surface area contributed by atoms with Crippen LogP contribution in [0.2, 0.25) is 0 Å². The summed E-state index contributed by atoms with van der Waals surface area (Å²) in [6.07, 6.45) is -6.03. The van der Waals surface area contributed by atoms with Gasteiger partial charge in [0.2, 0.25) is 5.91 Å². The van der Waals surface area contributed by atoms with Crippen molar-refractivity contribution in [1.82, 2.24) is 19.6 Å². The third-order valence-electron chi connectivity index (χ3n) is 4.99. The van der Waals surface area contributed by atoms with Crippen molar-refractivity contribution in [2.24, 2.45) is 0 Å². The van der Waals surface area contributed by atoms with Gasteiger partial charge in [-0.1, -0.05) is 18.2 Å². The largest absolute Gasteiger partial charge is 0.338 e. The summed E-state index contributed by atoms with van der Waals surface area (Å²) in [6.45, 7) is 3.37. The second-order valence-corrected chi connectivity index (χ2v) is 6.91. The third kappa shape index (κ3) is 4.75. The molecule has 1 aliphatic rings. The molecule has 29 heavy (non-hydrogen) atoms. The maximum absolute atomic E-state index is 13.8. The monoisotopic (exact) mass is 416 g/mol. The lowest BCUT2D eigenvalue weighted by atomic mass is 10.1. The molecule has 0 radical (unpaired) electrons. The van der Waals surface area contributed by atoms with Gasteiger partial charge in [-0.05, 0) is 19.1 Å². The van der Waals surface area contributed by atoms with Crippen LogP contribution >= 0.6 is 0 Å². The summed E-state index contributed by atoms with van der Waals surface area (Å²) in [4.78, 5) is 16.2. The zero-order valence-electron chi connectivity index (χ0n) is 15.7. The minimum Gasteiger partial charge on any atom is -0.338 e. The minimum atomic E-state index is -3.03. The topological polar surface area (TPSA) is 41.4 Å². The van der Waals surface area contributed by atoms with Crippen molar-refractivity contribution in [2.45, 2.75) is 32.4 Å². The van der Waals surface area contributed by atoms with Crippen LogP contribution in [0.15, 0.2) is 30.3 Å². The lowest BCUT2D eigenvalue weighted by Gasteiger charge is -2.36. The molecule has 0 N–H and O–H groups in total. The van der Waals surface area contributed by atoms with Gasteiger partial charge >= 0.3 is 0 Å². The van der Waals surface area contributed by atoms with Crippen molar-refractivity contribution in [3.63, 3.8) is 0 Å². The number of aromatic nitrogens is 2. The smallest absolute Gasteiger partial charge is 0.282 e. The normalized spacial score (nSPS) is 16.6. The summed E-state index contributed by atoms with van der Waals surface area (Å²) in [7, 11) is 0. The van der Waals surface area contributed by atoms with E-state index in [-0.39, 0.29) is 5.82 Å². The highest BCUT2D eigenvalue weighted by molar-refractivity contribution is 5.80. The number of piperazine rings is 1. The van der Waals surface area contributed by atoms with E-state index in [1.165, 1.54) is 17.9 Å². The van der Waals surface area contributed by atoms with Gasteiger partial charge in [-0.25, -0.2) is 22.0 Å². The summed E-state index contributed by atoms with van der Waals surface area (Å²) in [6, 6.07) is 5.93. The number of benzene rings is 1. The van der Waals surface area contributed by atoms with Gasteiger partial charge in [-0.3, -0.25) is 14.4 Å². The Bertz CT molecular complexity index is 849. The lowest BCUT2D eigenvalue weighted by Crippen LogP contribution is -2.50. The average molecular weight is 416 g/mol. The molecule has 0 bridgehead atoms. The number of carbonyl (C=O) groups excluding carboxylic acids is 1. The fourth-order valence-electron chi connectivity index (χ4n) is 3.37. The number of amides is 1. The highest BCUT2D eigenvalue weighted by atomic mass is 19.3. The van der Waals surface area contributed by atoms with Crippen LogP contribution in [0.25, 0.3) is 0 Å². The van der Waals surface area contributed by atoms with Crippen molar-refractivity contribution in [3.05, 3.63) is 53.1 Å². The maximum Gasteiger partial charge on any atom is 0.282 e.